The number of rotatable bonds is 3. The number of benzene rings is 2. The SMILES string of the molecule is Cc1nc2ccccc2n1C(c1ccc(F)cc1)C(C)N. The van der Waals surface area contributed by atoms with E-state index in [1.165, 1.54) is 12.1 Å². The van der Waals surface area contributed by atoms with E-state index < -0.39 is 0 Å². The van der Waals surface area contributed by atoms with Gasteiger partial charge >= 0.3 is 0 Å². The van der Waals surface area contributed by atoms with Crippen molar-refractivity contribution in [2.75, 3.05) is 0 Å². The molecule has 21 heavy (non-hydrogen) atoms. The second kappa shape index (κ2) is 5.30. The first-order valence-electron chi connectivity index (χ1n) is 7.02. The molecule has 0 saturated heterocycles. The molecule has 1 aromatic heterocycles. The number of para-hydroxylation sites is 2. The smallest absolute Gasteiger partial charge is 0.123 e. The molecule has 3 rings (SSSR count). The van der Waals surface area contributed by atoms with Crippen LogP contribution in [-0.4, -0.2) is 15.6 Å². The van der Waals surface area contributed by atoms with Crippen LogP contribution in [0.3, 0.4) is 0 Å². The fourth-order valence-electron chi connectivity index (χ4n) is 2.86. The van der Waals surface area contributed by atoms with E-state index in [1.807, 2.05) is 38.1 Å². The standard InChI is InChI=1S/C17H18FN3/c1-11(19)17(13-7-9-14(18)10-8-13)21-12(2)20-15-5-3-4-6-16(15)21/h3-11,17H,19H2,1-2H3. The Bertz CT molecular complexity index is 759. The molecule has 0 aliphatic rings. The lowest BCUT2D eigenvalue weighted by Gasteiger charge is -2.25. The molecule has 0 bridgehead atoms. The van der Waals surface area contributed by atoms with Crippen LogP contribution in [0.2, 0.25) is 0 Å². The van der Waals surface area contributed by atoms with E-state index >= 15 is 0 Å². The number of hydrogen-bond acceptors (Lipinski definition) is 2. The molecule has 0 aliphatic heterocycles. The predicted molar refractivity (Wildman–Crippen MR) is 82.7 cm³/mol. The van der Waals surface area contributed by atoms with E-state index in [9.17, 15) is 4.39 Å². The van der Waals surface area contributed by atoms with E-state index in [0.29, 0.717) is 0 Å². The van der Waals surface area contributed by atoms with Gasteiger partial charge in [0.05, 0.1) is 17.1 Å². The number of aromatic nitrogens is 2. The maximum absolute atomic E-state index is 13.2. The lowest BCUT2D eigenvalue weighted by molar-refractivity contribution is 0.496. The summed E-state index contributed by atoms with van der Waals surface area (Å²) in [5.41, 5.74) is 9.19. The largest absolute Gasteiger partial charge is 0.326 e. The third-order valence-electron chi connectivity index (χ3n) is 3.76. The number of aryl methyl sites for hydroxylation is 1. The molecule has 3 aromatic rings. The summed E-state index contributed by atoms with van der Waals surface area (Å²) in [6.07, 6.45) is 0. The van der Waals surface area contributed by atoms with Crippen LogP contribution >= 0.6 is 0 Å². The molecule has 0 amide bonds. The fraction of sp³-hybridized carbons (Fsp3) is 0.235. The summed E-state index contributed by atoms with van der Waals surface area (Å²) in [6, 6.07) is 14.3. The molecule has 2 atom stereocenters. The van der Waals surface area contributed by atoms with Gasteiger partial charge in [-0.15, -0.1) is 0 Å². The van der Waals surface area contributed by atoms with E-state index in [0.717, 1.165) is 22.4 Å². The van der Waals surface area contributed by atoms with Gasteiger partial charge in [-0.05, 0) is 43.7 Å². The first kappa shape index (κ1) is 13.8. The number of fused-ring (bicyclic) bond motifs is 1. The topological polar surface area (TPSA) is 43.8 Å². The van der Waals surface area contributed by atoms with Crippen molar-refractivity contribution < 1.29 is 4.39 Å². The van der Waals surface area contributed by atoms with Crippen LogP contribution in [0.25, 0.3) is 11.0 Å². The van der Waals surface area contributed by atoms with E-state index in [1.54, 1.807) is 12.1 Å². The Morgan fingerprint density at radius 2 is 1.76 bits per heavy atom. The third-order valence-corrected chi connectivity index (χ3v) is 3.76. The molecule has 108 valence electrons. The van der Waals surface area contributed by atoms with Gasteiger partial charge in [0, 0.05) is 6.04 Å². The number of nitrogens with two attached hydrogens (primary N) is 1. The molecule has 2 unspecified atom stereocenters. The molecule has 0 fully saturated rings. The number of hydrogen-bond donors (Lipinski definition) is 1. The van der Waals surface area contributed by atoms with Crippen molar-refractivity contribution in [1.29, 1.82) is 0 Å². The number of halogens is 1. The summed E-state index contributed by atoms with van der Waals surface area (Å²) < 4.78 is 15.3. The monoisotopic (exact) mass is 283 g/mol. The van der Waals surface area contributed by atoms with Crippen LogP contribution in [0, 0.1) is 12.7 Å². The zero-order chi connectivity index (χ0) is 15.0. The van der Waals surface area contributed by atoms with Gasteiger partial charge in [0.2, 0.25) is 0 Å². The minimum absolute atomic E-state index is 0.0713. The quantitative estimate of drug-likeness (QED) is 0.800. The van der Waals surface area contributed by atoms with Crippen LogP contribution in [0.5, 0.6) is 0 Å². The van der Waals surface area contributed by atoms with Crippen molar-refractivity contribution in [2.24, 2.45) is 5.73 Å². The summed E-state index contributed by atoms with van der Waals surface area (Å²) in [5.74, 6) is 0.664. The second-order valence-corrected chi connectivity index (χ2v) is 5.37. The summed E-state index contributed by atoms with van der Waals surface area (Å²) in [7, 11) is 0. The van der Waals surface area contributed by atoms with E-state index in [-0.39, 0.29) is 17.9 Å². The van der Waals surface area contributed by atoms with Gasteiger partial charge < -0.3 is 10.3 Å². The summed E-state index contributed by atoms with van der Waals surface area (Å²) in [5, 5.41) is 0. The lowest BCUT2D eigenvalue weighted by atomic mass is 10.00. The van der Waals surface area contributed by atoms with Gasteiger partial charge in [-0.1, -0.05) is 24.3 Å². The Kier molecular flexibility index (Phi) is 3.47. The highest BCUT2D eigenvalue weighted by Crippen LogP contribution is 2.28. The lowest BCUT2D eigenvalue weighted by Crippen LogP contribution is -2.30. The van der Waals surface area contributed by atoms with Crippen molar-refractivity contribution in [1.82, 2.24) is 9.55 Å². The van der Waals surface area contributed by atoms with E-state index in [2.05, 4.69) is 9.55 Å². The van der Waals surface area contributed by atoms with Crippen molar-refractivity contribution in [3.8, 4) is 0 Å². The Hall–Kier alpha value is -2.20. The van der Waals surface area contributed by atoms with Gasteiger partial charge in [-0.2, -0.15) is 0 Å². The summed E-state index contributed by atoms with van der Waals surface area (Å²) >= 11 is 0. The molecule has 0 saturated carbocycles. The first-order valence-corrected chi connectivity index (χ1v) is 7.02. The van der Waals surface area contributed by atoms with E-state index in [4.69, 9.17) is 5.73 Å². The van der Waals surface area contributed by atoms with Crippen molar-refractivity contribution in [2.45, 2.75) is 25.9 Å². The minimum Gasteiger partial charge on any atom is -0.326 e. The molecule has 3 nitrogen and oxygen atoms in total. The summed E-state index contributed by atoms with van der Waals surface area (Å²) in [4.78, 5) is 4.59. The Balaban J connectivity index is 2.20. The van der Waals surface area contributed by atoms with Crippen LogP contribution in [0.4, 0.5) is 4.39 Å². The first-order chi connectivity index (χ1) is 10.1. The highest BCUT2D eigenvalue weighted by atomic mass is 19.1. The molecule has 1 heterocycles. The average Bonchev–Trinajstić information content (AvgIpc) is 2.78. The van der Waals surface area contributed by atoms with Crippen molar-refractivity contribution >= 4 is 11.0 Å². The molecule has 0 spiro atoms. The molecule has 0 radical (unpaired) electrons. The fourth-order valence-corrected chi connectivity index (χ4v) is 2.86. The van der Waals surface area contributed by atoms with Crippen LogP contribution in [-0.2, 0) is 0 Å². The maximum Gasteiger partial charge on any atom is 0.123 e. The van der Waals surface area contributed by atoms with Crippen molar-refractivity contribution in [3.05, 3.63) is 65.7 Å². The van der Waals surface area contributed by atoms with Gasteiger partial charge in [0.25, 0.3) is 0 Å². The maximum atomic E-state index is 13.2. The van der Waals surface area contributed by atoms with Gasteiger partial charge in [-0.25, -0.2) is 9.37 Å². The van der Waals surface area contributed by atoms with Crippen LogP contribution in [0.15, 0.2) is 48.5 Å². The summed E-state index contributed by atoms with van der Waals surface area (Å²) in [6.45, 7) is 3.93. The zero-order valence-corrected chi connectivity index (χ0v) is 12.1. The van der Waals surface area contributed by atoms with Crippen LogP contribution in [0.1, 0.15) is 24.4 Å². The predicted octanol–water partition coefficient (Wildman–Crippen LogP) is 3.42. The third kappa shape index (κ3) is 2.43. The Morgan fingerprint density at radius 3 is 2.43 bits per heavy atom. The minimum atomic E-state index is -0.241. The molecule has 4 heteroatoms. The van der Waals surface area contributed by atoms with Crippen molar-refractivity contribution in [3.63, 3.8) is 0 Å². The number of imidazole rings is 1. The molecule has 2 aromatic carbocycles. The molecular formula is C17H18FN3. The number of nitrogens with zero attached hydrogens (tertiary/aromatic N) is 2. The molecule has 2 N–H and O–H groups in total. The average molecular weight is 283 g/mol. The van der Waals surface area contributed by atoms with Crippen LogP contribution < -0.4 is 5.73 Å². The highest BCUT2D eigenvalue weighted by Gasteiger charge is 2.22. The zero-order valence-electron chi connectivity index (χ0n) is 12.1. The highest BCUT2D eigenvalue weighted by molar-refractivity contribution is 5.76. The molecule has 0 aliphatic carbocycles. The van der Waals surface area contributed by atoms with Gasteiger partial charge in [0.15, 0.2) is 0 Å². The normalized spacial score (nSPS) is 14.3. The molecular weight excluding hydrogens is 265 g/mol. The van der Waals surface area contributed by atoms with Gasteiger partial charge in [0.1, 0.15) is 11.6 Å². The Morgan fingerprint density at radius 1 is 1.10 bits per heavy atom. The van der Waals surface area contributed by atoms with Gasteiger partial charge in [-0.3, -0.25) is 0 Å². The Labute approximate surface area is 123 Å². The second-order valence-electron chi connectivity index (χ2n) is 5.37.